The van der Waals surface area contributed by atoms with Gasteiger partial charge in [-0.25, -0.2) is 4.79 Å². The molecule has 2 amide bonds. The number of ether oxygens (including phenoxy) is 1. The number of ketones is 1. The van der Waals surface area contributed by atoms with Crippen molar-refractivity contribution in [3.05, 3.63) is 65.7 Å². The van der Waals surface area contributed by atoms with E-state index in [9.17, 15) is 19.2 Å². The minimum absolute atomic E-state index is 0.151. The van der Waals surface area contributed by atoms with Crippen LogP contribution in [0.4, 0.5) is 5.69 Å². The molecule has 2 aromatic rings. The van der Waals surface area contributed by atoms with Crippen molar-refractivity contribution in [3.63, 3.8) is 0 Å². The Hall–Kier alpha value is -3.28. The third kappa shape index (κ3) is 2.95. The number of esters is 1. The van der Waals surface area contributed by atoms with Crippen LogP contribution >= 0.6 is 0 Å². The summed E-state index contributed by atoms with van der Waals surface area (Å²) >= 11 is 0. The summed E-state index contributed by atoms with van der Waals surface area (Å²) in [7, 11) is 0. The number of anilines is 1. The molecule has 0 aromatic heterocycles. The molecule has 2 saturated carbocycles. The quantitative estimate of drug-likeness (QED) is 0.435. The third-order valence-electron chi connectivity index (χ3n) is 6.70. The van der Waals surface area contributed by atoms with Gasteiger partial charge in [0.05, 0.1) is 23.1 Å². The molecule has 1 aliphatic heterocycles. The minimum Gasteiger partial charge on any atom is -0.454 e. The van der Waals surface area contributed by atoms with Crippen LogP contribution in [-0.4, -0.2) is 30.2 Å². The van der Waals surface area contributed by atoms with Crippen molar-refractivity contribution in [2.75, 3.05) is 11.5 Å². The van der Waals surface area contributed by atoms with Crippen LogP contribution in [0.5, 0.6) is 0 Å². The molecule has 30 heavy (non-hydrogen) atoms. The molecule has 0 N–H and O–H groups in total. The summed E-state index contributed by atoms with van der Waals surface area (Å²) in [6.45, 7) is -0.373. The molecular weight excluding hydrogens is 382 g/mol. The van der Waals surface area contributed by atoms with Gasteiger partial charge in [0.2, 0.25) is 11.8 Å². The molecule has 2 aromatic carbocycles. The summed E-state index contributed by atoms with van der Waals surface area (Å²) in [5.74, 6) is -1.08. The van der Waals surface area contributed by atoms with Gasteiger partial charge in [0.25, 0.3) is 0 Å². The first-order valence-corrected chi connectivity index (χ1v) is 10.3. The van der Waals surface area contributed by atoms with E-state index in [-0.39, 0.29) is 41.6 Å². The van der Waals surface area contributed by atoms with E-state index in [2.05, 4.69) is 0 Å². The lowest BCUT2D eigenvalue weighted by molar-refractivity contribution is -0.123. The lowest BCUT2D eigenvalue weighted by Crippen LogP contribution is -2.32. The predicted octanol–water partition coefficient (Wildman–Crippen LogP) is 3.26. The summed E-state index contributed by atoms with van der Waals surface area (Å²) in [4.78, 5) is 51.8. The Morgan fingerprint density at radius 3 is 2.17 bits per heavy atom. The largest absolute Gasteiger partial charge is 0.454 e. The van der Waals surface area contributed by atoms with Crippen LogP contribution in [0.25, 0.3) is 0 Å². The van der Waals surface area contributed by atoms with E-state index in [4.69, 9.17) is 4.74 Å². The number of imide groups is 1. The average molecular weight is 403 g/mol. The first kappa shape index (κ1) is 18.7. The van der Waals surface area contributed by atoms with E-state index in [1.54, 1.807) is 48.5 Å². The van der Waals surface area contributed by atoms with Gasteiger partial charge in [-0.2, -0.15) is 0 Å². The van der Waals surface area contributed by atoms with Crippen LogP contribution in [-0.2, 0) is 14.3 Å². The van der Waals surface area contributed by atoms with Crippen LogP contribution in [0, 0.1) is 23.7 Å². The molecule has 5 rings (SSSR count). The number of rotatable bonds is 5. The van der Waals surface area contributed by atoms with Gasteiger partial charge in [-0.3, -0.25) is 19.3 Å². The SMILES string of the molecule is O=C(COC(=O)c1cccc(N2C(=O)C3C4CCC(C4)C3C2=O)c1)c1ccccc1. The number of carbonyl (C=O) groups excluding carboxylic acids is 4. The van der Waals surface area contributed by atoms with Crippen molar-refractivity contribution < 1.29 is 23.9 Å². The fraction of sp³-hybridized carbons (Fsp3) is 0.333. The predicted molar refractivity (Wildman–Crippen MR) is 108 cm³/mol. The van der Waals surface area contributed by atoms with Crippen molar-refractivity contribution in [3.8, 4) is 0 Å². The molecule has 3 fully saturated rings. The van der Waals surface area contributed by atoms with Crippen LogP contribution in [0.1, 0.15) is 40.0 Å². The first-order valence-electron chi connectivity index (χ1n) is 10.3. The van der Waals surface area contributed by atoms with Crippen LogP contribution < -0.4 is 4.90 Å². The van der Waals surface area contributed by atoms with Gasteiger partial charge >= 0.3 is 5.97 Å². The molecule has 3 aliphatic rings. The second kappa shape index (κ2) is 7.20. The zero-order valence-electron chi connectivity index (χ0n) is 16.3. The van der Waals surface area contributed by atoms with Crippen LogP contribution in [0.2, 0.25) is 0 Å². The molecule has 6 heteroatoms. The summed E-state index contributed by atoms with van der Waals surface area (Å²) in [5, 5.41) is 0. The summed E-state index contributed by atoms with van der Waals surface area (Å²) in [6, 6.07) is 14.9. The highest BCUT2D eigenvalue weighted by Crippen LogP contribution is 2.56. The van der Waals surface area contributed by atoms with E-state index in [0.29, 0.717) is 23.1 Å². The Kier molecular flexibility index (Phi) is 4.50. The number of amides is 2. The maximum atomic E-state index is 13.0. The Morgan fingerprint density at radius 1 is 0.867 bits per heavy atom. The minimum atomic E-state index is -0.666. The van der Waals surface area contributed by atoms with Crippen LogP contribution in [0.15, 0.2) is 54.6 Å². The Balaban J connectivity index is 1.31. The van der Waals surface area contributed by atoms with Crippen molar-refractivity contribution in [1.29, 1.82) is 0 Å². The van der Waals surface area contributed by atoms with E-state index in [1.807, 2.05) is 0 Å². The lowest BCUT2D eigenvalue weighted by atomic mass is 9.81. The van der Waals surface area contributed by atoms with Crippen molar-refractivity contribution in [1.82, 2.24) is 0 Å². The second-order valence-electron chi connectivity index (χ2n) is 8.31. The van der Waals surface area contributed by atoms with E-state index < -0.39 is 5.97 Å². The zero-order chi connectivity index (χ0) is 20.8. The number of Topliss-reactive ketones (excluding diaryl/α,β-unsaturated/α-hetero) is 1. The monoisotopic (exact) mass is 403 g/mol. The maximum Gasteiger partial charge on any atom is 0.338 e. The molecule has 2 bridgehead atoms. The Bertz CT molecular complexity index is 1020. The molecular formula is C24H21NO5. The van der Waals surface area contributed by atoms with Gasteiger partial charge in [-0.15, -0.1) is 0 Å². The molecule has 1 saturated heterocycles. The maximum absolute atomic E-state index is 13.0. The average Bonchev–Trinajstić information content (AvgIpc) is 3.46. The first-order chi connectivity index (χ1) is 14.5. The van der Waals surface area contributed by atoms with Gasteiger partial charge in [0, 0.05) is 5.56 Å². The van der Waals surface area contributed by atoms with Gasteiger partial charge in [0.1, 0.15) is 0 Å². The molecule has 0 radical (unpaired) electrons. The smallest absolute Gasteiger partial charge is 0.338 e. The number of fused-ring (bicyclic) bond motifs is 5. The van der Waals surface area contributed by atoms with Crippen LogP contribution in [0.3, 0.4) is 0 Å². The molecule has 152 valence electrons. The normalized spacial score (nSPS) is 26.7. The molecule has 4 atom stereocenters. The molecule has 4 unspecified atom stereocenters. The molecule has 2 aliphatic carbocycles. The van der Waals surface area contributed by atoms with E-state index >= 15 is 0 Å². The number of carbonyl (C=O) groups is 4. The third-order valence-corrected chi connectivity index (χ3v) is 6.70. The lowest BCUT2D eigenvalue weighted by Gasteiger charge is -2.19. The van der Waals surface area contributed by atoms with Gasteiger partial charge in [-0.05, 0) is 49.3 Å². The Labute approximate surface area is 173 Å². The fourth-order valence-corrected chi connectivity index (χ4v) is 5.36. The van der Waals surface area contributed by atoms with Gasteiger partial charge in [-0.1, -0.05) is 36.4 Å². The summed E-state index contributed by atoms with van der Waals surface area (Å²) in [6.07, 6.45) is 3.00. The molecule has 1 heterocycles. The van der Waals surface area contributed by atoms with Crippen molar-refractivity contribution in [2.45, 2.75) is 19.3 Å². The topological polar surface area (TPSA) is 80.8 Å². The van der Waals surface area contributed by atoms with E-state index in [0.717, 1.165) is 19.3 Å². The standard InChI is InChI=1S/C24H21NO5/c26-19(14-5-2-1-3-6-14)13-30-24(29)17-7-4-8-18(12-17)25-22(27)20-15-9-10-16(11-15)21(20)23(25)28/h1-8,12,15-16,20-21H,9-11,13H2. The summed E-state index contributed by atoms with van der Waals surface area (Å²) in [5.41, 5.74) is 1.06. The van der Waals surface area contributed by atoms with E-state index in [1.165, 1.54) is 11.0 Å². The van der Waals surface area contributed by atoms with Crippen molar-refractivity contribution in [2.24, 2.45) is 23.7 Å². The number of nitrogens with zero attached hydrogens (tertiary/aromatic N) is 1. The van der Waals surface area contributed by atoms with Gasteiger partial charge in [0.15, 0.2) is 12.4 Å². The van der Waals surface area contributed by atoms with Gasteiger partial charge < -0.3 is 4.74 Å². The number of hydrogen-bond donors (Lipinski definition) is 0. The number of benzene rings is 2. The molecule has 0 spiro atoms. The Morgan fingerprint density at radius 2 is 1.50 bits per heavy atom. The molecule has 6 nitrogen and oxygen atoms in total. The zero-order valence-corrected chi connectivity index (χ0v) is 16.3. The fourth-order valence-electron chi connectivity index (χ4n) is 5.36. The number of hydrogen-bond acceptors (Lipinski definition) is 5. The van der Waals surface area contributed by atoms with Crippen molar-refractivity contribution >= 4 is 29.3 Å². The summed E-state index contributed by atoms with van der Waals surface area (Å²) < 4.78 is 5.16. The highest BCUT2D eigenvalue weighted by Gasteiger charge is 2.61. The highest BCUT2D eigenvalue weighted by molar-refractivity contribution is 6.22. The second-order valence-corrected chi connectivity index (χ2v) is 8.31. The highest BCUT2D eigenvalue weighted by atomic mass is 16.5.